The summed E-state index contributed by atoms with van der Waals surface area (Å²) in [5.74, 6) is -0.872. The highest BCUT2D eigenvalue weighted by molar-refractivity contribution is 5.89. The van der Waals surface area contributed by atoms with Crippen molar-refractivity contribution in [2.75, 3.05) is 12.4 Å². The number of nitrogens with zero attached hydrogens (tertiary/aromatic N) is 1. The summed E-state index contributed by atoms with van der Waals surface area (Å²) < 4.78 is 0. The molecule has 0 heterocycles. The van der Waals surface area contributed by atoms with Crippen LogP contribution in [0.5, 0.6) is 0 Å². The summed E-state index contributed by atoms with van der Waals surface area (Å²) in [5, 5.41) is 12.0. The average molecular weight is 276 g/mol. The Kier molecular flexibility index (Phi) is 3.70. The van der Waals surface area contributed by atoms with Crippen LogP contribution in [0.3, 0.4) is 0 Å². The Balaban J connectivity index is 2.05. The van der Waals surface area contributed by atoms with Crippen LogP contribution in [0, 0.1) is 0 Å². The van der Waals surface area contributed by atoms with Crippen LogP contribution in [-0.2, 0) is 10.2 Å². The largest absolute Gasteiger partial charge is 0.481 e. The Labute approximate surface area is 118 Å². The lowest BCUT2D eigenvalue weighted by molar-refractivity contribution is -0.142. The number of carboxylic acid groups (broad SMARTS) is 1. The van der Waals surface area contributed by atoms with Gasteiger partial charge >= 0.3 is 12.0 Å². The number of carbonyl (C=O) groups is 2. The zero-order valence-electron chi connectivity index (χ0n) is 12.0. The second-order valence-corrected chi connectivity index (χ2v) is 5.78. The number of rotatable bonds is 4. The number of hydrogen-bond donors (Lipinski definition) is 2. The standard InChI is InChI=1S/C15H20N2O3/c1-15(2,13(18)19)10-4-6-11(7-5-10)16-14(20)17(3)12-8-9-12/h4-7,12H,8-9H2,1-3H3,(H,16,20)(H,18,19). The third-order valence-corrected chi connectivity index (χ3v) is 3.81. The van der Waals surface area contributed by atoms with Crippen molar-refractivity contribution in [2.24, 2.45) is 0 Å². The maximum Gasteiger partial charge on any atom is 0.321 e. The van der Waals surface area contributed by atoms with Gasteiger partial charge in [-0.1, -0.05) is 12.1 Å². The molecule has 1 aliphatic carbocycles. The third kappa shape index (κ3) is 2.92. The van der Waals surface area contributed by atoms with Gasteiger partial charge in [0.15, 0.2) is 0 Å². The third-order valence-electron chi connectivity index (χ3n) is 3.81. The number of carboxylic acids is 1. The molecule has 0 unspecified atom stereocenters. The van der Waals surface area contributed by atoms with E-state index in [2.05, 4.69) is 5.32 Å². The first-order valence-corrected chi connectivity index (χ1v) is 6.70. The molecule has 0 radical (unpaired) electrons. The van der Waals surface area contributed by atoms with Gasteiger partial charge < -0.3 is 15.3 Å². The predicted octanol–water partition coefficient (Wildman–Crippen LogP) is 2.67. The van der Waals surface area contributed by atoms with E-state index in [1.165, 1.54) is 0 Å². The predicted molar refractivity (Wildman–Crippen MR) is 76.9 cm³/mol. The van der Waals surface area contributed by atoms with Crippen LogP contribution in [0.25, 0.3) is 0 Å². The van der Waals surface area contributed by atoms with Crippen molar-refractivity contribution < 1.29 is 14.7 Å². The number of hydrogen-bond acceptors (Lipinski definition) is 2. The second kappa shape index (κ2) is 5.15. The van der Waals surface area contributed by atoms with Crippen LogP contribution in [-0.4, -0.2) is 35.1 Å². The van der Waals surface area contributed by atoms with Gasteiger partial charge in [-0.2, -0.15) is 0 Å². The molecule has 108 valence electrons. The summed E-state index contributed by atoms with van der Waals surface area (Å²) in [7, 11) is 1.79. The molecule has 1 aliphatic rings. The molecule has 2 amide bonds. The number of urea groups is 1. The second-order valence-electron chi connectivity index (χ2n) is 5.78. The van der Waals surface area contributed by atoms with Gasteiger partial charge in [0, 0.05) is 18.8 Å². The van der Waals surface area contributed by atoms with E-state index in [1.807, 2.05) is 0 Å². The highest BCUT2D eigenvalue weighted by Crippen LogP contribution is 2.27. The summed E-state index contributed by atoms with van der Waals surface area (Å²) in [6.45, 7) is 3.31. The summed E-state index contributed by atoms with van der Waals surface area (Å²) in [6, 6.07) is 7.18. The molecule has 0 bridgehead atoms. The van der Waals surface area contributed by atoms with Crippen molar-refractivity contribution in [3.63, 3.8) is 0 Å². The monoisotopic (exact) mass is 276 g/mol. The van der Waals surface area contributed by atoms with Gasteiger partial charge in [-0.3, -0.25) is 4.79 Å². The van der Waals surface area contributed by atoms with Crippen molar-refractivity contribution in [3.8, 4) is 0 Å². The molecule has 2 rings (SSSR count). The van der Waals surface area contributed by atoms with Crippen LogP contribution in [0.1, 0.15) is 32.3 Å². The molecule has 0 aromatic heterocycles. The summed E-state index contributed by atoms with van der Waals surface area (Å²) >= 11 is 0. The average Bonchev–Trinajstić information content (AvgIpc) is 3.22. The minimum atomic E-state index is -0.937. The summed E-state index contributed by atoms with van der Waals surface area (Å²) in [6.07, 6.45) is 2.13. The molecule has 1 fully saturated rings. The molecule has 1 aromatic rings. The van der Waals surface area contributed by atoms with E-state index in [0.717, 1.165) is 12.8 Å². The molecule has 1 aromatic carbocycles. The van der Waals surface area contributed by atoms with Gasteiger partial charge in [-0.25, -0.2) is 4.79 Å². The Morgan fingerprint density at radius 3 is 2.25 bits per heavy atom. The van der Waals surface area contributed by atoms with Crippen LogP contribution >= 0.6 is 0 Å². The highest BCUT2D eigenvalue weighted by atomic mass is 16.4. The highest BCUT2D eigenvalue weighted by Gasteiger charge is 2.30. The van der Waals surface area contributed by atoms with Crippen LogP contribution in [0.2, 0.25) is 0 Å². The number of nitrogens with one attached hydrogen (secondary N) is 1. The molecule has 0 spiro atoms. The van der Waals surface area contributed by atoms with Gasteiger partial charge in [-0.15, -0.1) is 0 Å². The van der Waals surface area contributed by atoms with E-state index in [-0.39, 0.29) is 6.03 Å². The molecule has 2 N–H and O–H groups in total. The fraction of sp³-hybridized carbons (Fsp3) is 0.467. The van der Waals surface area contributed by atoms with Gasteiger partial charge in [0.2, 0.25) is 0 Å². The smallest absolute Gasteiger partial charge is 0.321 e. The molecule has 5 heteroatoms. The molecular weight excluding hydrogens is 256 g/mol. The number of amides is 2. The lowest BCUT2D eigenvalue weighted by Crippen LogP contribution is -2.33. The zero-order chi connectivity index (χ0) is 14.9. The number of benzene rings is 1. The van der Waals surface area contributed by atoms with E-state index in [1.54, 1.807) is 50.1 Å². The first-order valence-electron chi connectivity index (χ1n) is 6.70. The fourth-order valence-electron chi connectivity index (χ4n) is 1.93. The Morgan fingerprint density at radius 1 is 1.25 bits per heavy atom. The fourth-order valence-corrected chi connectivity index (χ4v) is 1.93. The van der Waals surface area contributed by atoms with Crippen molar-refractivity contribution in [1.29, 1.82) is 0 Å². The molecule has 1 saturated carbocycles. The lowest BCUT2D eigenvalue weighted by atomic mass is 9.85. The first-order chi connectivity index (χ1) is 9.32. The van der Waals surface area contributed by atoms with E-state index < -0.39 is 11.4 Å². The van der Waals surface area contributed by atoms with Crippen molar-refractivity contribution in [3.05, 3.63) is 29.8 Å². The molecule has 20 heavy (non-hydrogen) atoms. The molecule has 0 atom stereocenters. The normalized spacial score (nSPS) is 14.8. The SMILES string of the molecule is CN(C(=O)Nc1ccc(C(C)(C)C(=O)O)cc1)C1CC1. The molecule has 0 aliphatic heterocycles. The van der Waals surface area contributed by atoms with Gasteiger partial charge in [0.05, 0.1) is 5.41 Å². The van der Waals surface area contributed by atoms with Crippen LogP contribution < -0.4 is 5.32 Å². The van der Waals surface area contributed by atoms with Crippen LogP contribution in [0.15, 0.2) is 24.3 Å². The number of anilines is 1. The first kappa shape index (κ1) is 14.4. The van der Waals surface area contributed by atoms with Crippen molar-refractivity contribution in [1.82, 2.24) is 4.90 Å². The maximum atomic E-state index is 11.9. The van der Waals surface area contributed by atoms with E-state index in [9.17, 15) is 14.7 Å². The Hall–Kier alpha value is -2.04. The van der Waals surface area contributed by atoms with E-state index in [0.29, 0.717) is 17.3 Å². The minimum absolute atomic E-state index is 0.127. The quantitative estimate of drug-likeness (QED) is 0.888. The molecular formula is C15H20N2O3. The molecule has 0 saturated heterocycles. The summed E-state index contributed by atoms with van der Waals surface area (Å²) in [5.41, 5.74) is 0.443. The van der Waals surface area contributed by atoms with Crippen molar-refractivity contribution >= 4 is 17.7 Å². The maximum absolute atomic E-state index is 11.9. The minimum Gasteiger partial charge on any atom is -0.481 e. The Morgan fingerprint density at radius 2 is 1.80 bits per heavy atom. The zero-order valence-corrected chi connectivity index (χ0v) is 12.0. The van der Waals surface area contributed by atoms with E-state index in [4.69, 9.17) is 0 Å². The van der Waals surface area contributed by atoms with Crippen LogP contribution in [0.4, 0.5) is 10.5 Å². The van der Waals surface area contributed by atoms with E-state index >= 15 is 0 Å². The van der Waals surface area contributed by atoms with Crippen molar-refractivity contribution in [2.45, 2.75) is 38.1 Å². The topological polar surface area (TPSA) is 69.6 Å². The number of aliphatic carboxylic acids is 1. The van der Waals surface area contributed by atoms with Gasteiger partial charge in [0.25, 0.3) is 0 Å². The lowest BCUT2D eigenvalue weighted by Gasteiger charge is -2.21. The Bertz CT molecular complexity index is 518. The van der Waals surface area contributed by atoms with Gasteiger partial charge in [0.1, 0.15) is 0 Å². The van der Waals surface area contributed by atoms with Gasteiger partial charge in [-0.05, 0) is 44.4 Å². The summed E-state index contributed by atoms with van der Waals surface area (Å²) in [4.78, 5) is 24.8. The molecule has 5 nitrogen and oxygen atoms in total. The number of carbonyl (C=O) groups excluding carboxylic acids is 1.